The summed E-state index contributed by atoms with van der Waals surface area (Å²) in [6.45, 7) is 2.50. The van der Waals surface area contributed by atoms with Crippen LogP contribution >= 0.6 is 0 Å². The van der Waals surface area contributed by atoms with E-state index in [1.54, 1.807) is 19.0 Å². The van der Waals surface area contributed by atoms with E-state index in [-0.39, 0.29) is 11.9 Å². The fourth-order valence-electron chi connectivity index (χ4n) is 3.10. The molecule has 146 valence electrons. The molecule has 0 amide bonds. The van der Waals surface area contributed by atoms with Gasteiger partial charge in [-0.25, -0.2) is 14.4 Å². The van der Waals surface area contributed by atoms with E-state index >= 15 is 0 Å². The molecule has 1 atom stereocenters. The smallest absolute Gasteiger partial charge is 0.183 e. The topological polar surface area (TPSA) is 65.3 Å². The summed E-state index contributed by atoms with van der Waals surface area (Å²) in [5, 5.41) is 4.64. The van der Waals surface area contributed by atoms with Crippen LogP contribution in [0.25, 0.3) is 22.6 Å². The average Bonchev–Trinajstić information content (AvgIpc) is 3.17. The maximum atomic E-state index is 13.9. The SMILES string of the molecule is CN(C)c1nc(-c2cccc(-c3ccn(C[C@@H]4COCCO4)n3)c2)ncc1F. The maximum Gasteiger partial charge on any atom is 0.183 e. The Bertz CT molecular complexity index is 953. The first-order valence-corrected chi connectivity index (χ1v) is 9.13. The third-order valence-electron chi connectivity index (χ3n) is 4.48. The van der Waals surface area contributed by atoms with Crippen molar-refractivity contribution < 1.29 is 13.9 Å². The molecule has 28 heavy (non-hydrogen) atoms. The second kappa shape index (κ2) is 8.04. The fraction of sp³-hybridized carbons (Fsp3) is 0.350. The molecular weight excluding hydrogens is 361 g/mol. The average molecular weight is 383 g/mol. The van der Waals surface area contributed by atoms with Gasteiger partial charge in [0.25, 0.3) is 0 Å². The number of hydrogen-bond donors (Lipinski definition) is 0. The zero-order valence-electron chi connectivity index (χ0n) is 15.9. The molecule has 1 fully saturated rings. The Hall–Kier alpha value is -2.84. The van der Waals surface area contributed by atoms with E-state index < -0.39 is 5.82 Å². The molecule has 0 unspecified atom stereocenters. The van der Waals surface area contributed by atoms with Crippen molar-refractivity contribution in [1.82, 2.24) is 19.7 Å². The molecule has 1 aromatic carbocycles. The number of hydrogen-bond acceptors (Lipinski definition) is 6. The summed E-state index contributed by atoms with van der Waals surface area (Å²) in [6.07, 6.45) is 3.15. The molecule has 0 N–H and O–H groups in total. The van der Waals surface area contributed by atoms with Crippen LogP contribution in [-0.2, 0) is 16.0 Å². The molecule has 1 aliphatic heterocycles. The number of nitrogens with zero attached hydrogens (tertiary/aromatic N) is 5. The Morgan fingerprint density at radius 3 is 2.86 bits per heavy atom. The molecule has 7 nitrogen and oxygen atoms in total. The van der Waals surface area contributed by atoms with Crippen molar-refractivity contribution in [2.45, 2.75) is 12.6 Å². The number of halogens is 1. The predicted molar refractivity (Wildman–Crippen MR) is 104 cm³/mol. The van der Waals surface area contributed by atoms with Gasteiger partial charge in [-0.15, -0.1) is 0 Å². The van der Waals surface area contributed by atoms with E-state index in [1.807, 2.05) is 41.2 Å². The van der Waals surface area contributed by atoms with Crippen molar-refractivity contribution in [2.24, 2.45) is 0 Å². The number of ether oxygens (including phenoxy) is 2. The molecule has 0 spiro atoms. The summed E-state index contributed by atoms with van der Waals surface area (Å²) < 4.78 is 26.9. The van der Waals surface area contributed by atoms with Crippen LogP contribution in [-0.4, -0.2) is 59.8 Å². The first kappa shape index (κ1) is 18.5. The van der Waals surface area contributed by atoms with Gasteiger partial charge in [-0.05, 0) is 12.1 Å². The maximum absolute atomic E-state index is 13.9. The van der Waals surface area contributed by atoms with Crippen molar-refractivity contribution in [1.29, 1.82) is 0 Å². The van der Waals surface area contributed by atoms with Crippen molar-refractivity contribution in [3.63, 3.8) is 0 Å². The summed E-state index contributed by atoms with van der Waals surface area (Å²) in [7, 11) is 3.50. The monoisotopic (exact) mass is 383 g/mol. The van der Waals surface area contributed by atoms with Gasteiger partial charge in [-0.1, -0.05) is 18.2 Å². The third kappa shape index (κ3) is 4.02. The van der Waals surface area contributed by atoms with Crippen LogP contribution in [0.3, 0.4) is 0 Å². The highest BCUT2D eigenvalue weighted by atomic mass is 19.1. The second-order valence-electron chi connectivity index (χ2n) is 6.83. The third-order valence-corrected chi connectivity index (χ3v) is 4.48. The minimum atomic E-state index is -0.447. The Morgan fingerprint density at radius 2 is 2.07 bits per heavy atom. The lowest BCUT2D eigenvalue weighted by Gasteiger charge is -2.22. The van der Waals surface area contributed by atoms with Gasteiger partial charge >= 0.3 is 0 Å². The molecular formula is C20H22FN5O2. The van der Waals surface area contributed by atoms with Crippen LogP contribution in [0.15, 0.2) is 42.7 Å². The van der Waals surface area contributed by atoms with Gasteiger partial charge in [0.1, 0.15) is 6.10 Å². The van der Waals surface area contributed by atoms with Gasteiger partial charge in [0.15, 0.2) is 17.5 Å². The summed E-state index contributed by atoms with van der Waals surface area (Å²) in [5.41, 5.74) is 2.59. The normalized spacial score (nSPS) is 16.9. The van der Waals surface area contributed by atoms with Crippen LogP contribution in [0.2, 0.25) is 0 Å². The van der Waals surface area contributed by atoms with Gasteiger partial charge in [0.05, 0.1) is 38.3 Å². The molecule has 8 heteroatoms. The molecule has 1 aliphatic rings. The minimum absolute atomic E-state index is 0.0184. The van der Waals surface area contributed by atoms with E-state index in [9.17, 15) is 4.39 Å². The quantitative estimate of drug-likeness (QED) is 0.675. The van der Waals surface area contributed by atoms with E-state index in [0.29, 0.717) is 32.2 Å². The van der Waals surface area contributed by atoms with Gasteiger partial charge in [0, 0.05) is 31.4 Å². The lowest BCUT2D eigenvalue weighted by atomic mass is 10.1. The van der Waals surface area contributed by atoms with Crippen molar-refractivity contribution in [2.75, 3.05) is 38.8 Å². The van der Waals surface area contributed by atoms with E-state index in [1.165, 1.54) is 6.20 Å². The van der Waals surface area contributed by atoms with Crippen LogP contribution < -0.4 is 4.90 Å². The van der Waals surface area contributed by atoms with Crippen LogP contribution in [0, 0.1) is 5.82 Å². The van der Waals surface area contributed by atoms with Crippen molar-refractivity contribution in [3.8, 4) is 22.6 Å². The number of aromatic nitrogens is 4. The zero-order valence-corrected chi connectivity index (χ0v) is 15.9. The zero-order chi connectivity index (χ0) is 19.5. The largest absolute Gasteiger partial charge is 0.376 e. The highest BCUT2D eigenvalue weighted by Crippen LogP contribution is 2.25. The summed E-state index contributed by atoms with van der Waals surface area (Å²) in [5.74, 6) is 0.283. The number of benzene rings is 1. The van der Waals surface area contributed by atoms with Crippen molar-refractivity contribution >= 4 is 5.82 Å². The van der Waals surface area contributed by atoms with Crippen LogP contribution in [0.1, 0.15) is 0 Å². The highest BCUT2D eigenvalue weighted by Gasteiger charge is 2.16. The molecule has 0 saturated carbocycles. The summed E-state index contributed by atoms with van der Waals surface area (Å²) in [4.78, 5) is 10.1. The Morgan fingerprint density at radius 1 is 1.21 bits per heavy atom. The molecule has 0 bridgehead atoms. The molecule has 1 saturated heterocycles. The summed E-state index contributed by atoms with van der Waals surface area (Å²) >= 11 is 0. The fourth-order valence-corrected chi connectivity index (χ4v) is 3.10. The van der Waals surface area contributed by atoms with Gasteiger partial charge in [-0.3, -0.25) is 4.68 Å². The molecule has 0 radical (unpaired) electrons. The van der Waals surface area contributed by atoms with Gasteiger partial charge < -0.3 is 14.4 Å². The van der Waals surface area contributed by atoms with E-state index in [4.69, 9.17) is 9.47 Å². The predicted octanol–water partition coefficient (Wildman–Crippen LogP) is 2.63. The first-order valence-electron chi connectivity index (χ1n) is 9.13. The van der Waals surface area contributed by atoms with Crippen molar-refractivity contribution in [3.05, 3.63) is 48.5 Å². The minimum Gasteiger partial charge on any atom is -0.376 e. The Kier molecular flexibility index (Phi) is 5.31. The van der Waals surface area contributed by atoms with E-state index in [0.717, 1.165) is 16.8 Å². The lowest BCUT2D eigenvalue weighted by Crippen LogP contribution is -2.32. The summed E-state index contributed by atoms with van der Waals surface area (Å²) in [6, 6.07) is 9.72. The van der Waals surface area contributed by atoms with Crippen LogP contribution in [0.5, 0.6) is 0 Å². The second-order valence-corrected chi connectivity index (χ2v) is 6.83. The van der Waals surface area contributed by atoms with E-state index in [2.05, 4.69) is 15.1 Å². The standard InChI is InChI=1S/C20H22FN5O2/c1-25(2)20-17(21)11-22-19(23-20)15-5-3-4-14(10-15)18-6-7-26(24-18)12-16-13-27-8-9-28-16/h3-7,10-11,16H,8-9,12-13H2,1-2H3/t16-/m1/s1. The molecule has 4 rings (SSSR count). The molecule has 2 aromatic heterocycles. The number of anilines is 1. The molecule has 0 aliphatic carbocycles. The first-order chi connectivity index (χ1) is 13.6. The highest BCUT2D eigenvalue weighted by molar-refractivity contribution is 5.68. The van der Waals surface area contributed by atoms with Gasteiger partial charge in [0.2, 0.25) is 0 Å². The Labute approximate surface area is 162 Å². The molecule has 3 heterocycles. The lowest BCUT2D eigenvalue weighted by molar-refractivity contribution is -0.0946. The van der Waals surface area contributed by atoms with Gasteiger partial charge in [-0.2, -0.15) is 5.10 Å². The molecule has 3 aromatic rings. The number of rotatable bonds is 5. The van der Waals surface area contributed by atoms with Crippen LogP contribution in [0.4, 0.5) is 10.2 Å². The Balaban J connectivity index is 1.57.